The molecular weight excluding hydrogens is 633 g/mol. The minimum atomic E-state index is 0.656. The van der Waals surface area contributed by atoms with Gasteiger partial charge in [-0.2, -0.15) is 0 Å². The minimum absolute atomic E-state index is 0.656. The van der Waals surface area contributed by atoms with Crippen molar-refractivity contribution in [2.45, 2.75) is 0 Å². The van der Waals surface area contributed by atoms with E-state index in [1.165, 1.54) is 49.1 Å². The number of rotatable bonds is 4. The van der Waals surface area contributed by atoms with E-state index in [0.717, 1.165) is 44.3 Å². The maximum Gasteiger partial charge on any atom is 0.235 e. The first kappa shape index (κ1) is 28.8. The Morgan fingerprint density at radius 2 is 0.885 bits per heavy atom. The van der Waals surface area contributed by atoms with Gasteiger partial charge in [-0.1, -0.05) is 146 Å². The Balaban J connectivity index is 1.38. The minimum Gasteiger partial charge on any atom is -0.309 e. The predicted molar refractivity (Wildman–Crippen MR) is 217 cm³/mol. The van der Waals surface area contributed by atoms with Crippen LogP contribution in [0.15, 0.2) is 182 Å². The van der Waals surface area contributed by atoms with Gasteiger partial charge in [0, 0.05) is 49.0 Å². The van der Waals surface area contributed by atoms with Crippen LogP contribution in [0, 0.1) is 0 Å². The van der Waals surface area contributed by atoms with E-state index in [-0.39, 0.29) is 0 Å². The Hall–Kier alpha value is -7.04. The molecule has 52 heavy (non-hydrogen) atoms. The van der Waals surface area contributed by atoms with Crippen molar-refractivity contribution < 1.29 is 0 Å². The van der Waals surface area contributed by atoms with Crippen LogP contribution < -0.4 is 0 Å². The van der Waals surface area contributed by atoms with Crippen molar-refractivity contribution in [3.05, 3.63) is 182 Å². The molecule has 0 fully saturated rings. The summed E-state index contributed by atoms with van der Waals surface area (Å²) >= 11 is 0. The van der Waals surface area contributed by atoms with Crippen LogP contribution in [0.4, 0.5) is 0 Å². The second-order valence-electron chi connectivity index (χ2n) is 13.4. The molecule has 11 rings (SSSR count). The van der Waals surface area contributed by atoms with Crippen LogP contribution in [0.1, 0.15) is 0 Å². The van der Waals surface area contributed by atoms with E-state index in [9.17, 15) is 0 Å². The van der Waals surface area contributed by atoms with Crippen LogP contribution in [0.25, 0.3) is 99.3 Å². The van der Waals surface area contributed by atoms with Crippen molar-refractivity contribution in [3.8, 4) is 34.0 Å². The van der Waals surface area contributed by atoms with E-state index in [0.29, 0.717) is 5.95 Å². The van der Waals surface area contributed by atoms with Crippen molar-refractivity contribution in [1.29, 1.82) is 0 Å². The maximum atomic E-state index is 5.43. The third-order valence-corrected chi connectivity index (χ3v) is 10.5. The first-order chi connectivity index (χ1) is 25.8. The number of para-hydroxylation sites is 4. The fourth-order valence-corrected chi connectivity index (χ4v) is 8.29. The lowest BCUT2D eigenvalue weighted by Gasteiger charge is -2.15. The topological polar surface area (TPSA) is 35.6 Å². The standard InChI is InChI=1S/C48H30N4/c1-4-16-31(17-5-1)33-28-29-35-39(30-33)47-44(37-23-11-14-26-41(37)51(47)34-20-8-3-9-21-34)43-38-24-12-15-27-42(38)52(46(35)43)48-49-40-25-13-10-22-36(40)45(50-48)32-18-6-2-7-19-32/h1-30H. The lowest BCUT2D eigenvalue weighted by molar-refractivity contribution is 1.02. The Kier molecular flexibility index (Phi) is 6.22. The second-order valence-corrected chi connectivity index (χ2v) is 13.4. The molecule has 0 spiro atoms. The smallest absolute Gasteiger partial charge is 0.235 e. The summed E-state index contributed by atoms with van der Waals surface area (Å²) in [5.41, 5.74) is 10.9. The van der Waals surface area contributed by atoms with Crippen LogP contribution in [0.2, 0.25) is 0 Å². The lowest BCUT2D eigenvalue weighted by atomic mass is 9.96. The second kappa shape index (κ2) is 11.2. The fourth-order valence-electron chi connectivity index (χ4n) is 8.29. The fraction of sp³-hybridized carbons (Fsp3) is 0. The van der Waals surface area contributed by atoms with Gasteiger partial charge in [-0.15, -0.1) is 0 Å². The van der Waals surface area contributed by atoms with Gasteiger partial charge in [-0.3, -0.25) is 4.57 Å². The van der Waals surface area contributed by atoms with Crippen molar-refractivity contribution >= 4 is 65.3 Å². The van der Waals surface area contributed by atoms with Crippen LogP contribution in [0.5, 0.6) is 0 Å². The van der Waals surface area contributed by atoms with Crippen molar-refractivity contribution in [3.63, 3.8) is 0 Å². The first-order valence-corrected chi connectivity index (χ1v) is 17.7. The molecule has 11 aromatic rings. The van der Waals surface area contributed by atoms with Crippen molar-refractivity contribution in [2.24, 2.45) is 0 Å². The SMILES string of the molecule is c1ccc(-c2ccc3c(c2)c2c(c4ccccc4n2-c2ccccc2)c2c4ccccc4n(-c4nc(-c5ccccc5)c5ccccc5n4)c32)cc1. The van der Waals surface area contributed by atoms with E-state index < -0.39 is 0 Å². The molecular formula is C48H30N4. The van der Waals surface area contributed by atoms with Crippen LogP contribution in [-0.2, 0) is 0 Å². The normalized spacial score (nSPS) is 11.8. The molecule has 0 amide bonds. The van der Waals surface area contributed by atoms with E-state index in [4.69, 9.17) is 9.97 Å². The average Bonchev–Trinajstić information content (AvgIpc) is 3.75. The van der Waals surface area contributed by atoms with Gasteiger partial charge in [0.15, 0.2) is 0 Å². The molecule has 8 aromatic carbocycles. The van der Waals surface area contributed by atoms with E-state index in [1.54, 1.807) is 0 Å². The van der Waals surface area contributed by atoms with E-state index in [1.807, 2.05) is 6.07 Å². The molecule has 0 radical (unpaired) electrons. The Morgan fingerprint density at radius 3 is 1.58 bits per heavy atom. The summed E-state index contributed by atoms with van der Waals surface area (Å²) in [6.45, 7) is 0. The van der Waals surface area contributed by atoms with Gasteiger partial charge in [0.1, 0.15) is 0 Å². The molecule has 0 bridgehead atoms. The summed E-state index contributed by atoms with van der Waals surface area (Å²) in [6.07, 6.45) is 0. The molecule has 0 aliphatic heterocycles. The Morgan fingerprint density at radius 1 is 0.346 bits per heavy atom. The zero-order valence-electron chi connectivity index (χ0n) is 28.1. The number of hydrogen-bond donors (Lipinski definition) is 0. The summed E-state index contributed by atoms with van der Waals surface area (Å²) in [6, 6.07) is 64.7. The number of aromatic nitrogens is 4. The molecule has 3 heterocycles. The molecule has 3 aromatic heterocycles. The number of hydrogen-bond acceptors (Lipinski definition) is 2. The van der Waals surface area contributed by atoms with Crippen molar-refractivity contribution in [2.75, 3.05) is 0 Å². The zero-order chi connectivity index (χ0) is 34.2. The highest BCUT2D eigenvalue weighted by atomic mass is 15.2. The number of benzene rings is 8. The molecule has 0 N–H and O–H groups in total. The predicted octanol–water partition coefficient (Wildman–Crippen LogP) is 12.3. The largest absolute Gasteiger partial charge is 0.309 e. The highest BCUT2D eigenvalue weighted by Gasteiger charge is 2.26. The van der Waals surface area contributed by atoms with Gasteiger partial charge in [0.05, 0.1) is 33.3 Å². The van der Waals surface area contributed by atoms with Gasteiger partial charge in [0.25, 0.3) is 0 Å². The summed E-state index contributed by atoms with van der Waals surface area (Å²) < 4.78 is 4.76. The Bertz CT molecular complexity index is 3160. The first-order valence-electron chi connectivity index (χ1n) is 17.7. The van der Waals surface area contributed by atoms with Gasteiger partial charge in [0.2, 0.25) is 5.95 Å². The third-order valence-electron chi connectivity index (χ3n) is 10.5. The molecule has 242 valence electrons. The molecule has 0 saturated carbocycles. The monoisotopic (exact) mass is 662 g/mol. The van der Waals surface area contributed by atoms with Gasteiger partial charge >= 0.3 is 0 Å². The Labute approximate surface area is 299 Å². The molecule has 0 unspecified atom stereocenters. The highest BCUT2D eigenvalue weighted by Crippen LogP contribution is 2.47. The van der Waals surface area contributed by atoms with Crippen LogP contribution in [0.3, 0.4) is 0 Å². The molecule has 4 heteroatoms. The van der Waals surface area contributed by atoms with Crippen molar-refractivity contribution in [1.82, 2.24) is 19.1 Å². The zero-order valence-corrected chi connectivity index (χ0v) is 28.1. The summed E-state index contributed by atoms with van der Waals surface area (Å²) in [4.78, 5) is 10.7. The van der Waals surface area contributed by atoms with E-state index in [2.05, 4.69) is 185 Å². The summed E-state index contributed by atoms with van der Waals surface area (Å²) in [5, 5.41) is 8.18. The third kappa shape index (κ3) is 4.15. The molecule has 0 saturated heterocycles. The highest BCUT2D eigenvalue weighted by molar-refractivity contribution is 6.37. The summed E-state index contributed by atoms with van der Waals surface area (Å²) in [5.74, 6) is 0.656. The molecule has 0 aliphatic carbocycles. The average molecular weight is 663 g/mol. The van der Waals surface area contributed by atoms with Crippen LogP contribution >= 0.6 is 0 Å². The van der Waals surface area contributed by atoms with Gasteiger partial charge < -0.3 is 4.57 Å². The number of nitrogens with zero attached hydrogens (tertiary/aromatic N) is 4. The van der Waals surface area contributed by atoms with Crippen LogP contribution in [-0.4, -0.2) is 19.1 Å². The van der Waals surface area contributed by atoms with Gasteiger partial charge in [-0.05, 0) is 47.5 Å². The lowest BCUT2D eigenvalue weighted by Crippen LogP contribution is -2.04. The maximum absolute atomic E-state index is 5.43. The molecule has 4 nitrogen and oxygen atoms in total. The molecule has 0 aliphatic rings. The summed E-state index contributed by atoms with van der Waals surface area (Å²) in [7, 11) is 0. The molecule has 0 atom stereocenters. The van der Waals surface area contributed by atoms with Gasteiger partial charge in [-0.25, -0.2) is 9.97 Å². The van der Waals surface area contributed by atoms with E-state index >= 15 is 0 Å². The number of fused-ring (bicyclic) bond motifs is 11. The quantitative estimate of drug-likeness (QED) is 0.188.